The summed E-state index contributed by atoms with van der Waals surface area (Å²) >= 11 is 0. The lowest BCUT2D eigenvalue weighted by atomic mass is 10.1. The number of aliphatic carboxylic acids is 1. The summed E-state index contributed by atoms with van der Waals surface area (Å²) in [6.45, 7) is 0. The summed E-state index contributed by atoms with van der Waals surface area (Å²) in [6.07, 6.45) is -1.94. The SMILES string of the molecule is O=C(O)C(O)c1ccc(O)c(O)c1O. The molecule has 0 saturated heterocycles. The van der Waals surface area contributed by atoms with Crippen molar-refractivity contribution < 1.29 is 30.3 Å². The number of phenolic OH excluding ortho intramolecular Hbond substituents is 3. The van der Waals surface area contributed by atoms with Gasteiger partial charge in [-0.25, -0.2) is 4.79 Å². The number of carbonyl (C=O) groups is 1. The number of carboxylic acid groups (broad SMARTS) is 1. The molecule has 0 saturated carbocycles. The molecule has 6 nitrogen and oxygen atoms in total. The zero-order valence-electron chi connectivity index (χ0n) is 6.88. The van der Waals surface area contributed by atoms with Crippen LogP contribution in [0.5, 0.6) is 17.2 Å². The molecule has 1 rings (SSSR count). The van der Waals surface area contributed by atoms with Crippen LogP contribution >= 0.6 is 0 Å². The minimum Gasteiger partial charge on any atom is -0.504 e. The van der Waals surface area contributed by atoms with Gasteiger partial charge in [-0.1, -0.05) is 0 Å². The Morgan fingerprint density at radius 3 is 2.21 bits per heavy atom. The molecule has 0 heterocycles. The molecule has 0 aliphatic carbocycles. The van der Waals surface area contributed by atoms with Crippen molar-refractivity contribution in [3.05, 3.63) is 17.7 Å². The summed E-state index contributed by atoms with van der Waals surface area (Å²) in [5.41, 5.74) is -0.382. The highest BCUT2D eigenvalue weighted by Crippen LogP contribution is 2.39. The molecule has 76 valence electrons. The van der Waals surface area contributed by atoms with Crippen molar-refractivity contribution in [1.82, 2.24) is 0 Å². The third-order valence-corrected chi connectivity index (χ3v) is 1.69. The van der Waals surface area contributed by atoms with E-state index in [-0.39, 0.29) is 5.56 Å². The van der Waals surface area contributed by atoms with E-state index in [1.807, 2.05) is 0 Å². The Morgan fingerprint density at radius 1 is 1.14 bits per heavy atom. The number of carboxylic acids is 1. The summed E-state index contributed by atoms with van der Waals surface area (Å²) in [4.78, 5) is 10.3. The van der Waals surface area contributed by atoms with Crippen molar-refractivity contribution >= 4 is 5.97 Å². The molecule has 0 aromatic heterocycles. The van der Waals surface area contributed by atoms with Crippen LogP contribution in [-0.2, 0) is 4.79 Å². The molecule has 1 unspecified atom stereocenters. The lowest BCUT2D eigenvalue weighted by molar-refractivity contribution is -0.147. The maximum Gasteiger partial charge on any atom is 0.337 e. The average molecular weight is 200 g/mol. The number of hydrogen-bond acceptors (Lipinski definition) is 5. The van der Waals surface area contributed by atoms with Gasteiger partial charge in [-0.3, -0.25) is 0 Å². The molecule has 0 amide bonds. The van der Waals surface area contributed by atoms with E-state index in [0.29, 0.717) is 0 Å². The first-order valence-electron chi connectivity index (χ1n) is 3.59. The molecule has 0 radical (unpaired) electrons. The highest BCUT2D eigenvalue weighted by molar-refractivity contribution is 5.76. The fourth-order valence-electron chi connectivity index (χ4n) is 0.938. The largest absolute Gasteiger partial charge is 0.504 e. The Labute approximate surface area is 78.3 Å². The van der Waals surface area contributed by atoms with Crippen molar-refractivity contribution in [2.45, 2.75) is 6.10 Å². The number of aliphatic hydroxyl groups excluding tert-OH is 1. The Balaban J connectivity index is 3.24. The number of phenols is 3. The number of hydrogen-bond donors (Lipinski definition) is 5. The Morgan fingerprint density at radius 2 is 1.71 bits per heavy atom. The van der Waals surface area contributed by atoms with Crippen LogP contribution in [0.25, 0.3) is 0 Å². The molecule has 0 aliphatic rings. The third-order valence-electron chi connectivity index (χ3n) is 1.69. The van der Waals surface area contributed by atoms with Gasteiger partial charge in [0.2, 0.25) is 5.75 Å². The van der Waals surface area contributed by atoms with Gasteiger partial charge >= 0.3 is 5.97 Å². The second-order valence-electron chi connectivity index (χ2n) is 2.61. The van der Waals surface area contributed by atoms with Gasteiger partial charge in [-0.15, -0.1) is 0 Å². The van der Waals surface area contributed by atoms with Gasteiger partial charge in [0.25, 0.3) is 0 Å². The van der Waals surface area contributed by atoms with E-state index in [0.717, 1.165) is 12.1 Å². The molecule has 0 bridgehead atoms. The molecular formula is C8H8O6. The summed E-state index contributed by atoms with van der Waals surface area (Å²) in [5, 5.41) is 44.5. The molecule has 1 aromatic rings. The van der Waals surface area contributed by atoms with E-state index in [2.05, 4.69) is 0 Å². The lowest BCUT2D eigenvalue weighted by Gasteiger charge is -2.09. The number of benzene rings is 1. The van der Waals surface area contributed by atoms with E-state index in [4.69, 9.17) is 25.5 Å². The molecule has 0 spiro atoms. The zero-order chi connectivity index (χ0) is 10.9. The van der Waals surface area contributed by atoms with Gasteiger partial charge in [0.15, 0.2) is 17.6 Å². The average Bonchev–Trinajstić information content (AvgIpc) is 2.13. The Kier molecular flexibility index (Phi) is 2.48. The van der Waals surface area contributed by atoms with Gasteiger partial charge < -0.3 is 25.5 Å². The number of aliphatic hydroxyl groups is 1. The van der Waals surface area contributed by atoms with Gasteiger partial charge in [0, 0.05) is 5.56 Å². The van der Waals surface area contributed by atoms with E-state index in [9.17, 15) is 4.79 Å². The molecule has 1 aromatic carbocycles. The molecule has 0 fully saturated rings. The third kappa shape index (κ3) is 1.55. The standard InChI is InChI=1S/C8H8O6/c9-4-2-1-3(5(10)7(4)12)6(11)8(13)14/h1-2,6,9-12H,(H,13,14). The first-order valence-corrected chi connectivity index (χ1v) is 3.59. The Hall–Kier alpha value is -1.95. The van der Waals surface area contributed by atoms with Crippen molar-refractivity contribution in [2.24, 2.45) is 0 Å². The normalized spacial score (nSPS) is 12.4. The van der Waals surface area contributed by atoms with Crippen LogP contribution in [0.3, 0.4) is 0 Å². The van der Waals surface area contributed by atoms with Crippen LogP contribution in [-0.4, -0.2) is 31.5 Å². The topological polar surface area (TPSA) is 118 Å². The van der Waals surface area contributed by atoms with Gasteiger partial charge in [-0.05, 0) is 12.1 Å². The predicted octanol–water partition coefficient (Wildman–Crippen LogP) is -0.0786. The summed E-state index contributed by atoms with van der Waals surface area (Å²) < 4.78 is 0. The van der Waals surface area contributed by atoms with E-state index in [1.165, 1.54) is 0 Å². The van der Waals surface area contributed by atoms with Crippen molar-refractivity contribution in [3.8, 4) is 17.2 Å². The monoisotopic (exact) mass is 200 g/mol. The van der Waals surface area contributed by atoms with Crippen LogP contribution in [0.15, 0.2) is 12.1 Å². The van der Waals surface area contributed by atoms with Crippen LogP contribution in [0.4, 0.5) is 0 Å². The minimum absolute atomic E-state index is 0.382. The van der Waals surface area contributed by atoms with Gasteiger partial charge in [0.1, 0.15) is 0 Å². The van der Waals surface area contributed by atoms with Crippen LogP contribution in [0, 0.1) is 0 Å². The fraction of sp³-hybridized carbons (Fsp3) is 0.125. The second-order valence-corrected chi connectivity index (χ2v) is 2.61. The molecule has 14 heavy (non-hydrogen) atoms. The predicted molar refractivity (Wildman–Crippen MR) is 44.0 cm³/mol. The van der Waals surface area contributed by atoms with Crippen LogP contribution < -0.4 is 0 Å². The smallest absolute Gasteiger partial charge is 0.337 e. The first-order chi connectivity index (χ1) is 6.45. The van der Waals surface area contributed by atoms with Crippen LogP contribution in [0.2, 0.25) is 0 Å². The highest BCUT2D eigenvalue weighted by atomic mass is 16.4. The zero-order valence-corrected chi connectivity index (χ0v) is 6.88. The van der Waals surface area contributed by atoms with E-state index < -0.39 is 29.3 Å². The summed E-state index contributed by atoms with van der Waals surface area (Å²) in [5.74, 6) is -3.86. The molecule has 1 atom stereocenters. The maximum absolute atomic E-state index is 10.3. The summed E-state index contributed by atoms with van der Waals surface area (Å²) in [6, 6.07) is 1.97. The van der Waals surface area contributed by atoms with Gasteiger partial charge in [-0.2, -0.15) is 0 Å². The number of aromatic hydroxyl groups is 3. The minimum atomic E-state index is -1.94. The van der Waals surface area contributed by atoms with Crippen LogP contribution in [0.1, 0.15) is 11.7 Å². The molecule has 5 N–H and O–H groups in total. The molecule has 6 heteroatoms. The molecular weight excluding hydrogens is 192 g/mol. The van der Waals surface area contributed by atoms with E-state index >= 15 is 0 Å². The maximum atomic E-state index is 10.3. The first kappa shape index (κ1) is 10.1. The second kappa shape index (κ2) is 3.43. The molecule has 0 aliphatic heterocycles. The summed E-state index contributed by atoms with van der Waals surface area (Å²) in [7, 11) is 0. The van der Waals surface area contributed by atoms with Crippen molar-refractivity contribution in [1.29, 1.82) is 0 Å². The van der Waals surface area contributed by atoms with Crippen molar-refractivity contribution in [3.63, 3.8) is 0 Å². The number of rotatable bonds is 2. The quantitative estimate of drug-likeness (QED) is 0.426. The highest BCUT2D eigenvalue weighted by Gasteiger charge is 2.22. The van der Waals surface area contributed by atoms with Crippen molar-refractivity contribution in [2.75, 3.05) is 0 Å². The fourth-order valence-corrected chi connectivity index (χ4v) is 0.938. The lowest BCUT2D eigenvalue weighted by Crippen LogP contribution is -2.10. The van der Waals surface area contributed by atoms with E-state index in [1.54, 1.807) is 0 Å². The Bertz CT molecular complexity index is 372. The van der Waals surface area contributed by atoms with Gasteiger partial charge in [0.05, 0.1) is 0 Å².